The van der Waals surface area contributed by atoms with Crippen LogP contribution in [0.2, 0.25) is 0 Å². The normalized spacial score (nSPS) is 9.13. The van der Waals surface area contributed by atoms with Gasteiger partial charge in [-0.25, -0.2) is 9.37 Å². The summed E-state index contributed by atoms with van der Waals surface area (Å²) in [5.41, 5.74) is 0.962. The van der Waals surface area contributed by atoms with Crippen molar-refractivity contribution in [3.05, 3.63) is 65.7 Å². The van der Waals surface area contributed by atoms with Crippen molar-refractivity contribution in [1.82, 2.24) is 4.98 Å². The van der Waals surface area contributed by atoms with Crippen LogP contribution in [0, 0.1) is 23.9 Å². The summed E-state index contributed by atoms with van der Waals surface area (Å²) in [6.07, 6.45) is 2.67. The molecule has 1 nitrogen and oxygen atoms in total. The van der Waals surface area contributed by atoms with Gasteiger partial charge in [0.1, 0.15) is 11.5 Å². The first-order valence-corrected chi connectivity index (χ1v) is 4.46. The van der Waals surface area contributed by atoms with Crippen LogP contribution in [0.1, 0.15) is 11.3 Å². The van der Waals surface area contributed by atoms with E-state index >= 15 is 0 Å². The maximum Gasteiger partial charge on any atom is 0.138 e. The Kier molecular flexibility index (Phi) is 2.75. The SMILES string of the molecule is Fc1ccccc1C#Cc1ccc[c]n1. The molecule has 71 valence electrons. The molecule has 15 heavy (non-hydrogen) atoms. The maximum atomic E-state index is 13.2. The molecule has 0 saturated heterocycles. The van der Waals surface area contributed by atoms with E-state index < -0.39 is 0 Å². The molecule has 0 aliphatic rings. The largest absolute Gasteiger partial charge is 0.238 e. The van der Waals surface area contributed by atoms with Gasteiger partial charge >= 0.3 is 0 Å². The first-order chi connectivity index (χ1) is 7.36. The summed E-state index contributed by atoms with van der Waals surface area (Å²) in [5.74, 6) is 5.18. The van der Waals surface area contributed by atoms with Gasteiger partial charge in [-0.05, 0) is 30.2 Å². The molecule has 0 aliphatic carbocycles. The Morgan fingerprint density at radius 2 is 1.93 bits per heavy atom. The lowest BCUT2D eigenvalue weighted by molar-refractivity contribution is 0.624. The van der Waals surface area contributed by atoms with Crippen molar-refractivity contribution in [2.75, 3.05) is 0 Å². The topological polar surface area (TPSA) is 12.9 Å². The van der Waals surface area contributed by atoms with Crippen LogP contribution >= 0.6 is 0 Å². The van der Waals surface area contributed by atoms with Gasteiger partial charge in [0, 0.05) is 0 Å². The highest BCUT2D eigenvalue weighted by Crippen LogP contribution is 2.04. The molecule has 1 heterocycles. The summed E-state index contributed by atoms with van der Waals surface area (Å²) in [6, 6.07) is 11.6. The van der Waals surface area contributed by atoms with E-state index in [2.05, 4.69) is 23.0 Å². The zero-order valence-corrected chi connectivity index (χ0v) is 7.87. The molecule has 0 aliphatic heterocycles. The summed E-state index contributed by atoms with van der Waals surface area (Å²) in [4.78, 5) is 3.90. The molecule has 1 aromatic carbocycles. The lowest BCUT2D eigenvalue weighted by Crippen LogP contribution is -1.83. The molecule has 0 spiro atoms. The highest BCUT2D eigenvalue weighted by Gasteiger charge is 1.94. The third-order valence-electron chi connectivity index (χ3n) is 1.81. The second kappa shape index (κ2) is 4.39. The second-order valence-electron chi connectivity index (χ2n) is 2.88. The van der Waals surface area contributed by atoms with Crippen molar-refractivity contribution >= 4 is 0 Å². The minimum absolute atomic E-state index is 0.315. The number of hydrogen-bond donors (Lipinski definition) is 0. The molecule has 0 N–H and O–H groups in total. The Morgan fingerprint density at radius 1 is 1.07 bits per heavy atom. The fourth-order valence-corrected chi connectivity index (χ4v) is 1.09. The van der Waals surface area contributed by atoms with Crippen LogP contribution < -0.4 is 0 Å². The van der Waals surface area contributed by atoms with Crippen LogP contribution in [-0.2, 0) is 0 Å². The van der Waals surface area contributed by atoms with E-state index in [1.807, 2.05) is 0 Å². The molecule has 0 atom stereocenters. The average molecular weight is 196 g/mol. The Balaban J connectivity index is 2.31. The lowest BCUT2D eigenvalue weighted by Gasteiger charge is -1.91. The van der Waals surface area contributed by atoms with Crippen LogP contribution in [0.15, 0.2) is 42.5 Å². The zero-order valence-electron chi connectivity index (χ0n) is 7.87. The van der Waals surface area contributed by atoms with E-state index in [-0.39, 0.29) is 5.82 Å². The van der Waals surface area contributed by atoms with Gasteiger partial charge in [0.15, 0.2) is 0 Å². The van der Waals surface area contributed by atoms with Crippen LogP contribution in [0.4, 0.5) is 4.39 Å². The van der Waals surface area contributed by atoms with Crippen molar-refractivity contribution in [3.63, 3.8) is 0 Å². The molecule has 0 bridgehead atoms. The number of halogens is 1. The Labute approximate surface area is 87.6 Å². The van der Waals surface area contributed by atoms with E-state index in [1.165, 1.54) is 6.07 Å². The first-order valence-electron chi connectivity index (χ1n) is 4.46. The number of nitrogens with zero attached hydrogens (tertiary/aromatic N) is 1. The molecule has 2 rings (SSSR count). The van der Waals surface area contributed by atoms with Crippen molar-refractivity contribution in [2.24, 2.45) is 0 Å². The number of hydrogen-bond acceptors (Lipinski definition) is 1. The molecule has 0 amide bonds. The standard InChI is InChI=1S/C13H7FN/c14-13-7-2-1-5-11(13)8-9-12-6-3-4-10-15-12/h1-7H. The minimum atomic E-state index is -0.315. The predicted octanol–water partition coefficient (Wildman–Crippen LogP) is 2.42. The molecule has 0 unspecified atom stereocenters. The average Bonchev–Trinajstić information content (AvgIpc) is 2.29. The number of aromatic nitrogens is 1. The number of benzene rings is 1. The maximum absolute atomic E-state index is 13.2. The van der Waals surface area contributed by atoms with E-state index in [4.69, 9.17) is 0 Å². The monoisotopic (exact) mass is 196 g/mol. The van der Waals surface area contributed by atoms with Gasteiger partial charge in [-0.3, -0.25) is 0 Å². The van der Waals surface area contributed by atoms with Crippen molar-refractivity contribution in [2.45, 2.75) is 0 Å². The molecule has 0 saturated carbocycles. The molecule has 1 aromatic heterocycles. The Hall–Kier alpha value is -2.14. The third-order valence-corrected chi connectivity index (χ3v) is 1.81. The lowest BCUT2D eigenvalue weighted by atomic mass is 10.2. The van der Waals surface area contributed by atoms with E-state index in [0.29, 0.717) is 11.3 Å². The third kappa shape index (κ3) is 2.41. The van der Waals surface area contributed by atoms with Crippen LogP contribution in [-0.4, -0.2) is 4.98 Å². The molecule has 0 fully saturated rings. The molecular formula is C13H7FN. The Morgan fingerprint density at radius 3 is 2.67 bits per heavy atom. The highest BCUT2D eigenvalue weighted by atomic mass is 19.1. The van der Waals surface area contributed by atoms with E-state index in [9.17, 15) is 4.39 Å². The molecular weight excluding hydrogens is 189 g/mol. The van der Waals surface area contributed by atoms with Gasteiger partial charge in [0.05, 0.1) is 11.8 Å². The summed E-state index contributed by atoms with van der Waals surface area (Å²) in [6.45, 7) is 0. The van der Waals surface area contributed by atoms with Crippen molar-refractivity contribution in [1.29, 1.82) is 0 Å². The van der Waals surface area contributed by atoms with Gasteiger partial charge in [0.2, 0.25) is 0 Å². The van der Waals surface area contributed by atoms with Crippen molar-refractivity contribution in [3.8, 4) is 11.8 Å². The molecule has 1 radical (unpaired) electrons. The van der Waals surface area contributed by atoms with Gasteiger partial charge in [-0.2, -0.15) is 0 Å². The van der Waals surface area contributed by atoms with Crippen LogP contribution in [0.5, 0.6) is 0 Å². The van der Waals surface area contributed by atoms with Gasteiger partial charge in [-0.1, -0.05) is 24.1 Å². The van der Waals surface area contributed by atoms with E-state index in [1.54, 1.807) is 36.4 Å². The summed E-state index contributed by atoms with van der Waals surface area (Å²) in [5, 5.41) is 0. The van der Waals surface area contributed by atoms with E-state index in [0.717, 1.165) is 0 Å². The van der Waals surface area contributed by atoms with Crippen LogP contribution in [0.3, 0.4) is 0 Å². The van der Waals surface area contributed by atoms with Gasteiger partial charge in [0.25, 0.3) is 0 Å². The van der Waals surface area contributed by atoms with Gasteiger partial charge < -0.3 is 0 Å². The minimum Gasteiger partial charge on any atom is -0.238 e. The van der Waals surface area contributed by atoms with Crippen LogP contribution in [0.25, 0.3) is 0 Å². The fourth-order valence-electron chi connectivity index (χ4n) is 1.09. The molecule has 2 heteroatoms. The summed E-state index contributed by atoms with van der Waals surface area (Å²) in [7, 11) is 0. The summed E-state index contributed by atoms with van der Waals surface area (Å²) >= 11 is 0. The molecule has 2 aromatic rings. The quantitative estimate of drug-likeness (QED) is 0.590. The summed E-state index contributed by atoms with van der Waals surface area (Å²) < 4.78 is 13.2. The predicted molar refractivity (Wildman–Crippen MR) is 55.5 cm³/mol. The van der Waals surface area contributed by atoms with Gasteiger partial charge in [-0.15, -0.1) is 0 Å². The van der Waals surface area contributed by atoms with Crippen molar-refractivity contribution < 1.29 is 4.39 Å². The Bertz CT molecular complexity index is 509. The highest BCUT2D eigenvalue weighted by molar-refractivity contribution is 5.40. The smallest absolute Gasteiger partial charge is 0.138 e. The number of rotatable bonds is 0. The second-order valence-corrected chi connectivity index (χ2v) is 2.88. The first kappa shape index (κ1) is 9.42. The zero-order chi connectivity index (χ0) is 10.5. The number of pyridine rings is 1. The fraction of sp³-hybridized carbons (Fsp3) is 0.